The SMILES string of the molecule is CNCCc1ccccc1COCC1CCCC1. The largest absolute Gasteiger partial charge is 0.376 e. The zero-order chi connectivity index (χ0) is 12.6. The van der Waals surface area contributed by atoms with E-state index >= 15 is 0 Å². The smallest absolute Gasteiger partial charge is 0.0719 e. The predicted octanol–water partition coefficient (Wildman–Crippen LogP) is 3.16. The van der Waals surface area contributed by atoms with Gasteiger partial charge >= 0.3 is 0 Å². The summed E-state index contributed by atoms with van der Waals surface area (Å²) >= 11 is 0. The lowest BCUT2D eigenvalue weighted by Crippen LogP contribution is -2.12. The van der Waals surface area contributed by atoms with Crippen molar-refractivity contribution < 1.29 is 4.74 Å². The Hall–Kier alpha value is -0.860. The maximum absolute atomic E-state index is 5.90. The highest BCUT2D eigenvalue weighted by atomic mass is 16.5. The molecule has 2 rings (SSSR count). The van der Waals surface area contributed by atoms with Crippen LogP contribution in [-0.2, 0) is 17.8 Å². The van der Waals surface area contributed by atoms with E-state index in [9.17, 15) is 0 Å². The lowest BCUT2D eigenvalue weighted by Gasteiger charge is -2.12. The van der Waals surface area contributed by atoms with E-state index < -0.39 is 0 Å². The van der Waals surface area contributed by atoms with Crippen LogP contribution in [0.4, 0.5) is 0 Å². The van der Waals surface area contributed by atoms with Crippen molar-refractivity contribution in [3.8, 4) is 0 Å². The van der Waals surface area contributed by atoms with Gasteiger partial charge in [-0.15, -0.1) is 0 Å². The Morgan fingerprint density at radius 1 is 1.17 bits per heavy atom. The highest BCUT2D eigenvalue weighted by molar-refractivity contribution is 5.26. The number of nitrogens with one attached hydrogen (secondary N) is 1. The Kier molecular flexibility index (Phi) is 5.69. The third kappa shape index (κ3) is 4.11. The van der Waals surface area contributed by atoms with Crippen molar-refractivity contribution in [3.05, 3.63) is 35.4 Å². The summed E-state index contributed by atoms with van der Waals surface area (Å²) in [6, 6.07) is 8.63. The summed E-state index contributed by atoms with van der Waals surface area (Å²) in [5.74, 6) is 0.814. The van der Waals surface area contributed by atoms with Crippen molar-refractivity contribution in [3.63, 3.8) is 0 Å². The first-order chi connectivity index (χ1) is 8.90. The second-order valence-corrected chi connectivity index (χ2v) is 5.29. The third-order valence-electron chi connectivity index (χ3n) is 3.85. The first-order valence-corrected chi connectivity index (χ1v) is 7.19. The lowest BCUT2D eigenvalue weighted by atomic mass is 10.1. The van der Waals surface area contributed by atoms with Crippen LogP contribution >= 0.6 is 0 Å². The van der Waals surface area contributed by atoms with Crippen LogP contribution in [-0.4, -0.2) is 20.2 Å². The molecule has 2 nitrogen and oxygen atoms in total. The highest BCUT2D eigenvalue weighted by Crippen LogP contribution is 2.25. The van der Waals surface area contributed by atoms with E-state index in [-0.39, 0.29) is 0 Å². The van der Waals surface area contributed by atoms with Gasteiger partial charge in [0, 0.05) is 6.61 Å². The molecule has 18 heavy (non-hydrogen) atoms. The monoisotopic (exact) mass is 247 g/mol. The van der Waals surface area contributed by atoms with Crippen LogP contribution in [0.1, 0.15) is 36.8 Å². The average Bonchev–Trinajstić information content (AvgIpc) is 2.91. The first-order valence-electron chi connectivity index (χ1n) is 7.19. The second kappa shape index (κ2) is 7.55. The van der Waals surface area contributed by atoms with Crippen LogP contribution < -0.4 is 5.32 Å². The summed E-state index contributed by atoms with van der Waals surface area (Å²) in [5, 5.41) is 3.20. The summed E-state index contributed by atoms with van der Waals surface area (Å²) in [4.78, 5) is 0. The molecule has 0 amide bonds. The predicted molar refractivity (Wildman–Crippen MR) is 75.7 cm³/mol. The number of ether oxygens (including phenoxy) is 1. The molecule has 0 atom stereocenters. The average molecular weight is 247 g/mol. The number of likely N-dealkylation sites (N-methyl/N-ethyl adjacent to an activating group) is 1. The van der Waals surface area contributed by atoms with Gasteiger partial charge in [0.1, 0.15) is 0 Å². The van der Waals surface area contributed by atoms with E-state index in [2.05, 4.69) is 29.6 Å². The van der Waals surface area contributed by atoms with Crippen molar-refractivity contribution in [2.75, 3.05) is 20.2 Å². The van der Waals surface area contributed by atoms with Crippen molar-refractivity contribution in [2.45, 2.75) is 38.7 Å². The van der Waals surface area contributed by atoms with E-state index in [0.29, 0.717) is 0 Å². The van der Waals surface area contributed by atoms with Gasteiger partial charge in [0.05, 0.1) is 6.61 Å². The Morgan fingerprint density at radius 3 is 2.61 bits per heavy atom. The minimum absolute atomic E-state index is 0.774. The van der Waals surface area contributed by atoms with Crippen LogP contribution in [0, 0.1) is 5.92 Å². The maximum Gasteiger partial charge on any atom is 0.0719 e. The molecule has 0 bridgehead atoms. The van der Waals surface area contributed by atoms with Gasteiger partial charge in [0.25, 0.3) is 0 Å². The molecule has 100 valence electrons. The molecule has 0 aromatic heterocycles. The molecule has 0 unspecified atom stereocenters. The summed E-state index contributed by atoms with van der Waals surface area (Å²) in [5.41, 5.74) is 2.77. The fourth-order valence-electron chi connectivity index (χ4n) is 2.71. The topological polar surface area (TPSA) is 21.3 Å². The zero-order valence-corrected chi connectivity index (χ0v) is 11.5. The Labute approximate surface area is 111 Å². The van der Waals surface area contributed by atoms with E-state index in [4.69, 9.17) is 4.74 Å². The van der Waals surface area contributed by atoms with E-state index in [1.54, 1.807) is 0 Å². The van der Waals surface area contributed by atoms with Gasteiger partial charge < -0.3 is 10.1 Å². The molecule has 1 aliphatic carbocycles. The number of hydrogen-bond donors (Lipinski definition) is 1. The maximum atomic E-state index is 5.90. The molecule has 1 aliphatic rings. The molecule has 1 fully saturated rings. The molecule has 0 saturated heterocycles. The summed E-state index contributed by atoms with van der Waals surface area (Å²) < 4.78 is 5.90. The summed E-state index contributed by atoms with van der Waals surface area (Å²) in [6.07, 6.45) is 6.60. The van der Waals surface area contributed by atoms with Gasteiger partial charge in [-0.3, -0.25) is 0 Å². The Balaban J connectivity index is 1.79. The van der Waals surface area contributed by atoms with Crippen LogP contribution in [0.2, 0.25) is 0 Å². The Bertz CT molecular complexity index is 345. The number of benzene rings is 1. The van der Waals surface area contributed by atoms with Crippen LogP contribution in [0.3, 0.4) is 0 Å². The van der Waals surface area contributed by atoms with Crippen molar-refractivity contribution in [1.29, 1.82) is 0 Å². The molecule has 0 aliphatic heterocycles. The van der Waals surface area contributed by atoms with E-state index in [0.717, 1.165) is 32.1 Å². The van der Waals surface area contributed by atoms with Crippen LogP contribution in [0.5, 0.6) is 0 Å². The van der Waals surface area contributed by atoms with Gasteiger partial charge in [0.2, 0.25) is 0 Å². The molecule has 1 aromatic rings. The van der Waals surface area contributed by atoms with Gasteiger partial charge in [-0.1, -0.05) is 37.1 Å². The fraction of sp³-hybridized carbons (Fsp3) is 0.625. The summed E-state index contributed by atoms with van der Waals surface area (Å²) in [7, 11) is 2.00. The summed E-state index contributed by atoms with van der Waals surface area (Å²) in [6.45, 7) is 2.75. The van der Waals surface area contributed by atoms with Crippen molar-refractivity contribution in [2.24, 2.45) is 5.92 Å². The number of hydrogen-bond acceptors (Lipinski definition) is 2. The van der Waals surface area contributed by atoms with Gasteiger partial charge in [-0.2, -0.15) is 0 Å². The minimum atomic E-state index is 0.774. The molecule has 0 radical (unpaired) electrons. The Morgan fingerprint density at radius 2 is 1.89 bits per heavy atom. The molecular formula is C16H25NO. The van der Waals surface area contributed by atoms with Crippen LogP contribution in [0.15, 0.2) is 24.3 Å². The molecule has 0 spiro atoms. The highest BCUT2D eigenvalue weighted by Gasteiger charge is 2.14. The zero-order valence-electron chi connectivity index (χ0n) is 11.5. The molecule has 1 aromatic carbocycles. The quantitative estimate of drug-likeness (QED) is 0.799. The molecule has 1 saturated carbocycles. The normalized spacial score (nSPS) is 16.3. The fourth-order valence-corrected chi connectivity index (χ4v) is 2.71. The molecule has 2 heteroatoms. The van der Waals surface area contributed by atoms with Gasteiger partial charge in [-0.25, -0.2) is 0 Å². The molecule has 1 N–H and O–H groups in total. The minimum Gasteiger partial charge on any atom is -0.376 e. The molecular weight excluding hydrogens is 222 g/mol. The van der Waals surface area contributed by atoms with Crippen LogP contribution in [0.25, 0.3) is 0 Å². The third-order valence-corrected chi connectivity index (χ3v) is 3.85. The van der Waals surface area contributed by atoms with Crippen molar-refractivity contribution in [1.82, 2.24) is 5.32 Å². The second-order valence-electron chi connectivity index (χ2n) is 5.29. The first kappa shape index (κ1) is 13.6. The molecule has 0 heterocycles. The van der Waals surface area contributed by atoms with Crippen molar-refractivity contribution >= 4 is 0 Å². The van der Waals surface area contributed by atoms with E-state index in [1.165, 1.54) is 36.8 Å². The van der Waals surface area contributed by atoms with Gasteiger partial charge in [-0.05, 0) is 49.9 Å². The van der Waals surface area contributed by atoms with Gasteiger partial charge in [0.15, 0.2) is 0 Å². The standard InChI is InChI=1S/C16H25NO/c1-17-11-10-15-8-4-5-9-16(15)13-18-12-14-6-2-3-7-14/h4-5,8-9,14,17H,2-3,6-7,10-13H2,1H3. The lowest BCUT2D eigenvalue weighted by molar-refractivity contribution is 0.0884. The van der Waals surface area contributed by atoms with E-state index in [1.807, 2.05) is 7.05 Å². The number of rotatable bonds is 7.